The molecule has 1 aliphatic carbocycles. The van der Waals surface area contributed by atoms with Crippen LogP contribution in [-0.4, -0.2) is 88.0 Å². The number of rotatable bonds is 6. The Balaban J connectivity index is 1.30. The number of nitrogens with zero attached hydrogens (tertiary/aromatic N) is 4. The molecule has 2 aromatic rings. The summed E-state index contributed by atoms with van der Waals surface area (Å²) in [5.74, 6) is -2.78. The Morgan fingerprint density at radius 3 is 2.42 bits per heavy atom. The third kappa shape index (κ3) is 6.28. The summed E-state index contributed by atoms with van der Waals surface area (Å²) >= 11 is 0. The van der Waals surface area contributed by atoms with Gasteiger partial charge in [0.25, 0.3) is 5.91 Å². The first-order valence-electron chi connectivity index (χ1n) is 14.3. The van der Waals surface area contributed by atoms with E-state index < -0.39 is 60.7 Å². The van der Waals surface area contributed by atoms with Gasteiger partial charge in [-0.2, -0.15) is 13.2 Å². The van der Waals surface area contributed by atoms with Crippen LogP contribution < -0.4 is 5.32 Å². The Morgan fingerprint density at radius 2 is 1.76 bits per heavy atom. The first kappa shape index (κ1) is 31.7. The minimum Gasteiger partial charge on any atom is -0.427 e. The molecule has 45 heavy (non-hydrogen) atoms. The highest BCUT2D eigenvalue weighted by molar-refractivity contribution is 6.06. The largest absolute Gasteiger partial charge is 0.427 e. The molecule has 0 radical (unpaired) electrons. The zero-order chi connectivity index (χ0) is 32.7. The zero-order valence-corrected chi connectivity index (χ0v) is 24.5. The van der Waals surface area contributed by atoms with Crippen molar-refractivity contribution in [1.82, 2.24) is 19.6 Å². The van der Waals surface area contributed by atoms with Gasteiger partial charge in [0.05, 0.1) is 6.67 Å². The van der Waals surface area contributed by atoms with E-state index in [1.54, 1.807) is 11.0 Å². The Kier molecular flexibility index (Phi) is 8.47. The van der Waals surface area contributed by atoms with Crippen molar-refractivity contribution in [2.45, 2.75) is 57.5 Å². The summed E-state index contributed by atoms with van der Waals surface area (Å²) in [5, 5.41) is 2.78. The van der Waals surface area contributed by atoms with Crippen LogP contribution in [0, 0.1) is 5.82 Å². The van der Waals surface area contributed by atoms with Gasteiger partial charge in [0.1, 0.15) is 18.4 Å². The molecule has 0 bridgehead atoms. The van der Waals surface area contributed by atoms with Crippen LogP contribution in [0.3, 0.4) is 0 Å². The van der Waals surface area contributed by atoms with Crippen LogP contribution in [-0.2, 0) is 37.7 Å². The number of carbonyl (C=O) groups excluding carboxylic acids is 5. The van der Waals surface area contributed by atoms with Crippen molar-refractivity contribution in [3.05, 3.63) is 65.0 Å². The van der Waals surface area contributed by atoms with Crippen molar-refractivity contribution in [3.63, 3.8) is 0 Å². The molecule has 5 rings (SSSR count). The lowest BCUT2D eigenvalue weighted by Gasteiger charge is -2.35. The summed E-state index contributed by atoms with van der Waals surface area (Å²) < 4.78 is 59.9. The molecule has 2 fully saturated rings. The quantitative estimate of drug-likeness (QED) is 0.481. The Labute approximate surface area is 255 Å². The van der Waals surface area contributed by atoms with E-state index in [2.05, 4.69) is 5.32 Å². The number of aryl methyl sites for hydroxylation is 1. The minimum absolute atomic E-state index is 0.0347. The average molecular weight is 634 g/mol. The number of ether oxygens (including phenoxy) is 1. The molecule has 6 amide bonds. The number of urea groups is 1. The van der Waals surface area contributed by atoms with Crippen LogP contribution in [0.15, 0.2) is 42.5 Å². The monoisotopic (exact) mass is 633 g/mol. The predicted octanol–water partition coefficient (Wildman–Crippen LogP) is 3.97. The Bertz CT molecular complexity index is 1530. The summed E-state index contributed by atoms with van der Waals surface area (Å²) in [6.07, 6.45) is -5.04. The van der Waals surface area contributed by atoms with Gasteiger partial charge < -0.3 is 24.8 Å². The lowest BCUT2D eigenvalue weighted by molar-refractivity contribution is -0.187. The standard InChI is InChI=1S/C30H31F4N5O6/c1-18(30(32,33)34)38(15-20-4-6-22(31)7-5-20)25(41)16-39-26(42)29(45-28(39)44)11-10-21-14-23(8-9-24(21)29)35-27(43)37-13-3-12-36(17-37)19(2)40/h4-9,14,18H,3,10-13,15-17H2,1-2H3,(H,35,43)/t18-,29+/m0/s1. The molecule has 1 N–H and O–H groups in total. The molecule has 0 saturated carbocycles. The summed E-state index contributed by atoms with van der Waals surface area (Å²) in [6, 6.07) is 6.58. The molecule has 2 heterocycles. The predicted molar refractivity (Wildman–Crippen MR) is 150 cm³/mol. The van der Waals surface area contributed by atoms with Gasteiger partial charge in [-0.05, 0) is 55.2 Å². The van der Waals surface area contributed by atoms with E-state index in [0.29, 0.717) is 46.1 Å². The minimum atomic E-state index is -4.81. The van der Waals surface area contributed by atoms with Gasteiger partial charge in [0.15, 0.2) is 0 Å². The number of hydrogen-bond acceptors (Lipinski definition) is 6. The number of benzene rings is 2. The van der Waals surface area contributed by atoms with Crippen LogP contribution in [0.25, 0.3) is 0 Å². The fraction of sp³-hybridized carbons (Fsp3) is 0.433. The first-order chi connectivity index (χ1) is 21.2. The first-order valence-corrected chi connectivity index (χ1v) is 14.3. The summed E-state index contributed by atoms with van der Waals surface area (Å²) in [7, 11) is 0. The fourth-order valence-electron chi connectivity index (χ4n) is 5.79. The number of fused-ring (bicyclic) bond motifs is 2. The van der Waals surface area contributed by atoms with E-state index in [1.807, 2.05) is 0 Å². The molecule has 2 aliphatic heterocycles. The van der Waals surface area contributed by atoms with Gasteiger partial charge in [0.2, 0.25) is 17.4 Å². The van der Waals surface area contributed by atoms with Crippen molar-refractivity contribution in [1.29, 1.82) is 0 Å². The zero-order valence-electron chi connectivity index (χ0n) is 24.5. The van der Waals surface area contributed by atoms with Gasteiger partial charge >= 0.3 is 18.3 Å². The molecule has 3 aliphatic rings. The molecule has 0 unspecified atom stereocenters. The smallest absolute Gasteiger partial charge is 0.418 e. The molecule has 0 aromatic heterocycles. The van der Waals surface area contributed by atoms with Crippen molar-refractivity contribution in [2.75, 3.05) is 31.6 Å². The number of hydrogen-bond donors (Lipinski definition) is 1. The molecule has 11 nitrogen and oxygen atoms in total. The van der Waals surface area contributed by atoms with E-state index in [-0.39, 0.29) is 31.0 Å². The molecule has 240 valence electrons. The molecular formula is C30H31F4N5O6. The van der Waals surface area contributed by atoms with Crippen molar-refractivity contribution in [2.24, 2.45) is 0 Å². The van der Waals surface area contributed by atoms with Gasteiger partial charge in [-0.25, -0.2) is 18.9 Å². The third-order valence-electron chi connectivity index (χ3n) is 8.36. The van der Waals surface area contributed by atoms with Crippen molar-refractivity contribution >= 4 is 35.5 Å². The Hall–Kier alpha value is -4.69. The number of nitrogens with one attached hydrogen (secondary N) is 1. The highest BCUT2D eigenvalue weighted by atomic mass is 19.4. The maximum atomic E-state index is 13.7. The van der Waals surface area contributed by atoms with Crippen LogP contribution in [0.5, 0.6) is 0 Å². The summed E-state index contributed by atoms with van der Waals surface area (Å²) in [6.45, 7) is 1.85. The lowest BCUT2D eigenvalue weighted by atomic mass is 9.94. The van der Waals surface area contributed by atoms with Gasteiger partial charge in [-0.3, -0.25) is 14.4 Å². The normalized spacial score (nSPS) is 20.3. The summed E-state index contributed by atoms with van der Waals surface area (Å²) in [5.41, 5.74) is -0.174. The topological polar surface area (TPSA) is 120 Å². The number of imide groups is 1. The van der Waals surface area contributed by atoms with E-state index in [1.165, 1.54) is 36.1 Å². The van der Waals surface area contributed by atoms with Gasteiger partial charge in [0, 0.05) is 44.2 Å². The van der Waals surface area contributed by atoms with E-state index in [0.717, 1.165) is 19.1 Å². The highest BCUT2D eigenvalue weighted by Crippen LogP contribution is 2.46. The van der Waals surface area contributed by atoms with Crippen molar-refractivity contribution in [3.8, 4) is 0 Å². The second-order valence-electron chi connectivity index (χ2n) is 11.3. The average Bonchev–Trinajstić information content (AvgIpc) is 3.47. The van der Waals surface area contributed by atoms with E-state index >= 15 is 0 Å². The van der Waals surface area contributed by atoms with E-state index in [9.17, 15) is 41.5 Å². The Morgan fingerprint density at radius 1 is 1.07 bits per heavy atom. The third-order valence-corrected chi connectivity index (χ3v) is 8.36. The lowest BCUT2D eigenvalue weighted by Crippen LogP contribution is -2.51. The maximum Gasteiger partial charge on any atom is 0.418 e. The number of halogens is 4. The summed E-state index contributed by atoms with van der Waals surface area (Å²) in [4.78, 5) is 68.3. The number of anilines is 1. The van der Waals surface area contributed by atoms with Crippen LogP contribution in [0.4, 0.5) is 32.8 Å². The molecule has 2 aromatic carbocycles. The van der Waals surface area contributed by atoms with E-state index in [4.69, 9.17) is 4.74 Å². The van der Waals surface area contributed by atoms with Gasteiger partial charge in [-0.1, -0.05) is 18.2 Å². The van der Waals surface area contributed by atoms with Crippen molar-refractivity contribution < 1.29 is 46.3 Å². The maximum absolute atomic E-state index is 13.7. The van der Waals surface area contributed by atoms with Crippen LogP contribution in [0.1, 0.15) is 43.4 Å². The second-order valence-corrected chi connectivity index (χ2v) is 11.3. The SMILES string of the molecule is CC(=O)N1CCCN(C(=O)Nc2ccc3c(c2)CC[C@@]32OC(=O)N(CC(=O)N(Cc3ccc(F)cc3)[C@@H](C)C(F)(F)F)C2=O)C1. The van der Waals surface area contributed by atoms with Crippen LogP contribution in [0.2, 0.25) is 0 Å². The molecule has 2 saturated heterocycles. The number of alkyl halides is 3. The van der Waals surface area contributed by atoms with Crippen LogP contribution >= 0.6 is 0 Å². The van der Waals surface area contributed by atoms with Gasteiger partial charge in [-0.15, -0.1) is 0 Å². The molecular weight excluding hydrogens is 602 g/mol. The molecule has 15 heteroatoms. The highest BCUT2D eigenvalue weighted by Gasteiger charge is 2.58. The molecule has 2 atom stereocenters. The fourth-order valence-corrected chi connectivity index (χ4v) is 5.79. The number of amides is 6. The second kappa shape index (κ2) is 12.0. The number of carbonyl (C=O) groups is 5. The molecule has 1 spiro atoms.